The molecular formula is C21H22N2O2. The summed E-state index contributed by atoms with van der Waals surface area (Å²) in [6.07, 6.45) is 6.81. The van der Waals surface area contributed by atoms with Gasteiger partial charge < -0.3 is 14.9 Å². The van der Waals surface area contributed by atoms with Gasteiger partial charge in [-0.1, -0.05) is 12.0 Å². The molecule has 1 aliphatic rings. The molecule has 0 spiro atoms. The lowest BCUT2D eigenvalue weighted by Gasteiger charge is -2.31. The highest BCUT2D eigenvalue weighted by Crippen LogP contribution is 2.22. The molecule has 0 unspecified atom stereocenters. The van der Waals surface area contributed by atoms with E-state index in [9.17, 15) is 9.90 Å². The molecular weight excluding hydrogens is 312 g/mol. The first kappa shape index (κ1) is 17.1. The molecule has 128 valence electrons. The molecule has 3 rings (SSSR count). The lowest BCUT2D eigenvalue weighted by atomic mass is 10.1. The van der Waals surface area contributed by atoms with E-state index in [0.29, 0.717) is 5.56 Å². The Balaban J connectivity index is 1.73. The van der Waals surface area contributed by atoms with Crippen LogP contribution in [-0.2, 0) is 0 Å². The number of piperidine rings is 1. The number of hydrogen-bond acceptors (Lipinski definition) is 3. The highest BCUT2D eigenvalue weighted by Gasteiger charge is 2.18. The monoisotopic (exact) mass is 334 g/mol. The molecule has 0 atom stereocenters. The van der Waals surface area contributed by atoms with E-state index in [1.54, 1.807) is 11.9 Å². The number of aliphatic hydroxyl groups excluding tert-OH is 1. The molecule has 2 aromatic rings. The number of benzene rings is 2. The third-order valence-electron chi connectivity index (χ3n) is 4.65. The predicted molar refractivity (Wildman–Crippen MR) is 101 cm³/mol. The number of anilines is 2. The van der Waals surface area contributed by atoms with Gasteiger partial charge in [-0.15, -0.1) is 6.42 Å². The Kier molecular flexibility index (Phi) is 5.06. The van der Waals surface area contributed by atoms with Crippen LogP contribution >= 0.6 is 0 Å². The van der Waals surface area contributed by atoms with E-state index in [4.69, 9.17) is 6.42 Å². The lowest BCUT2D eigenvalue weighted by molar-refractivity contribution is 0.0993. The van der Waals surface area contributed by atoms with Crippen molar-refractivity contribution in [2.24, 2.45) is 0 Å². The first-order valence-electron chi connectivity index (χ1n) is 8.46. The minimum atomic E-state index is -0.190. The van der Waals surface area contributed by atoms with Crippen molar-refractivity contribution in [3.8, 4) is 12.3 Å². The van der Waals surface area contributed by atoms with Gasteiger partial charge in [0.25, 0.3) is 5.91 Å². The normalized spacial score (nSPS) is 14.8. The molecule has 4 heteroatoms. The lowest BCUT2D eigenvalue weighted by Crippen LogP contribution is -2.35. The van der Waals surface area contributed by atoms with Crippen molar-refractivity contribution >= 4 is 17.3 Å². The summed E-state index contributed by atoms with van der Waals surface area (Å²) in [6.45, 7) is 1.68. The van der Waals surface area contributed by atoms with E-state index < -0.39 is 0 Å². The second-order valence-corrected chi connectivity index (χ2v) is 6.32. The fourth-order valence-corrected chi connectivity index (χ4v) is 3.05. The Bertz CT molecular complexity index is 784. The highest BCUT2D eigenvalue weighted by atomic mass is 16.3. The number of nitrogens with zero attached hydrogens (tertiary/aromatic N) is 2. The van der Waals surface area contributed by atoms with Crippen LogP contribution in [0, 0.1) is 12.3 Å². The standard InChI is InChI=1S/C21H22N2O2/c1-3-16-5-4-6-19(15-16)22(2)21(25)17-7-9-18(10-8-17)23-13-11-20(24)12-14-23/h1,4-10,15,20,24H,11-14H2,2H3. The van der Waals surface area contributed by atoms with Crippen molar-refractivity contribution in [2.45, 2.75) is 18.9 Å². The highest BCUT2D eigenvalue weighted by molar-refractivity contribution is 6.06. The van der Waals surface area contributed by atoms with Crippen LogP contribution in [0.2, 0.25) is 0 Å². The number of carbonyl (C=O) groups excluding carboxylic acids is 1. The molecule has 1 heterocycles. The zero-order chi connectivity index (χ0) is 17.8. The molecule has 4 nitrogen and oxygen atoms in total. The van der Waals surface area contributed by atoms with Crippen LogP contribution in [0.15, 0.2) is 48.5 Å². The van der Waals surface area contributed by atoms with E-state index in [1.807, 2.05) is 48.5 Å². The van der Waals surface area contributed by atoms with Gasteiger partial charge in [0.15, 0.2) is 0 Å². The van der Waals surface area contributed by atoms with Crippen molar-refractivity contribution < 1.29 is 9.90 Å². The summed E-state index contributed by atoms with van der Waals surface area (Å²) in [6, 6.07) is 15.0. The quantitative estimate of drug-likeness (QED) is 0.878. The predicted octanol–water partition coefficient (Wildman–Crippen LogP) is 2.91. The van der Waals surface area contributed by atoms with E-state index >= 15 is 0 Å². The SMILES string of the molecule is C#Cc1cccc(N(C)C(=O)c2ccc(N3CCC(O)CC3)cc2)c1. The molecule has 1 N–H and O–H groups in total. The summed E-state index contributed by atoms with van der Waals surface area (Å²) in [5, 5.41) is 9.61. The minimum absolute atomic E-state index is 0.0743. The first-order valence-corrected chi connectivity index (χ1v) is 8.46. The Morgan fingerprint density at radius 1 is 1.20 bits per heavy atom. The Morgan fingerprint density at radius 2 is 1.88 bits per heavy atom. The van der Waals surface area contributed by atoms with Gasteiger partial charge in [0.05, 0.1) is 6.10 Å². The van der Waals surface area contributed by atoms with Crippen molar-refractivity contribution in [1.29, 1.82) is 0 Å². The van der Waals surface area contributed by atoms with E-state index in [-0.39, 0.29) is 12.0 Å². The number of rotatable bonds is 3. The van der Waals surface area contributed by atoms with Crippen LogP contribution in [0.1, 0.15) is 28.8 Å². The summed E-state index contributed by atoms with van der Waals surface area (Å²) in [5.41, 5.74) is 3.24. The van der Waals surface area contributed by atoms with Gasteiger partial charge >= 0.3 is 0 Å². The maximum Gasteiger partial charge on any atom is 0.258 e. The molecule has 2 aromatic carbocycles. The van der Waals surface area contributed by atoms with Crippen LogP contribution < -0.4 is 9.80 Å². The second kappa shape index (κ2) is 7.42. The second-order valence-electron chi connectivity index (χ2n) is 6.32. The van der Waals surface area contributed by atoms with Crippen LogP contribution in [0.5, 0.6) is 0 Å². The molecule has 1 amide bonds. The average Bonchev–Trinajstić information content (AvgIpc) is 2.67. The van der Waals surface area contributed by atoms with E-state index in [0.717, 1.165) is 42.9 Å². The molecule has 0 aliphatic carbocycles. The number of amides is 1. The zero-order valence-corrected chi connectivity index (χ0v) is 14.4. The van der Waals surface area contributed by atoms with Crippen molar-refractivity contribution in [2.75, 3.05) is 29.9 Å². The maximum absolute atomic E-state index is 12.7. The molecule has 0 saturated carbocycles. The van der Waals surface area contributed by atoms with E-state index in [1.165, 1.54) is 0 Å². The van der Waals surface area contributed by atoms with Crippen molar-refractivity contribution in [3.63, 3.8) is 0 Å². The average molecular weight is 334 g/mol. The molecule has 0 aromatic heterocycles. The van der Waals surface area contributed by atoms with Crippen LogP contribution in [0.3, 0.4) is 0 Å². The minimum Gasteiger partial charge on any atom is -0.393 e. The van der Waals surface area contributed by atoms with Crippen molar-refractivity contribution in [1.82, 2.24) is 0 Å². The van der Waals surface area contributed by atoms with Gasteiger partial charge in [-0.25, -0.2) is 0 Å². The number of hydrogen-bond donors (Lipinski definition) is 1. The Hall–Kier alpha value is -2.77. The van der Waals surface area contributed by atoms with Crippen LogP contribution in [0.4, 0.5) is 11.4 Å². The van der Waals surface area contributed by atoms with Gasteiger partial charge in [-0.2, -0.15) is 0 Å². The largest absolute Gasteiger partial charge is 0.393 e. The van der Waals surface area contributed by atoms with Gasteiger partial charge in [-0.3, -0.25) is 4.79 Å². The van der Waals surface area contributed by atoms with Gasteiger partial charge in [0, 0.05) is 42.6 Å². The molecule has 1 fully saturated rings. The topological polar surface area (TPSA) is 43.8 Å². The number of carbonyl (C=O) groups is 1. The van der Waals surface area contributed by atoms with Crippen molar-refractivity contribution in [3.05, 3.63) is 59.7 Å². The third kappa shape index (κ3) is 3.84. The van der Waals surface area contributed by atoms with E-state index in [2.05, 4.69) is 10.8 Å². The fraction of sp³-hybridized carbons (Fsp3) is 0.286. The number of terminal acetylenes is 1. The zero-order valence-electron chi connectivity index (χ0n) is 14.4. The summed E-state index contributed by atoms with van der Waals surface area (Å²) in [4.78, 5) is 16.5. The van der Waals surface area contributed by atoms with Gasteiger partial charge in [0.2, 0.25) is 0 Å². The summed E-state index contributed by atoms with van der Waals surface area (Å²) >= 11 is 0. The summed E-state index contributed by atoms with van der Waals surface area (Å²) in [5.74, 6) is 2.51. The smallest absolute Gasteiger partial charge is 0.258 e. The fourth-order valence-electron chi connectivity index (χ4n) is 3.05. The third-order valence-corrected chi connectivity index (χ3v) is 4.65. The molecule has 1 saturated heterocycles. The molecule has 25 heavy (non-hydrogen) atoms. The van der Waals surface area contributed by atoms with Gasteiger partial charge in [-0.05, 0) is 55.3 Å². The Labute approximate surface area is 148 Å². The first-order chi connectivity index (χ1) is 12.1. The molecule has 0 radical (unpaired) electrons. The van der Waals surface area contributed by atoms with Crippen LogP contribution in [0.25, 0.3) is 0 Å². The summed E-state index contributed by atoms with van der Waals surface area (Å²) < 4.78 is 0. The molecule has 0 bridgehead atoms. The Morgan fingerprint density at radius 3 is 2.52 bits per heavy atom. The van der Waals surface area contributed by atoms with Crippen LogP contribution in [-0.4, -0.2) is 37.3 Å². The summed E-state index contributed by atoms with van der Waals surface area (Å²) in [7, 11) is 1.75. The number of aliphatic hydroxyl groups is 1. The van der Waals surface area contributed by atoms with Gasteiger partial charge in [0.1, 0.15) is 0 Å². The maximum atomic E-state index is 12.7. The molecule has 1 aliphatic heterocycles.